The number of nitrogens with zero attached hydrogens (tertiary/aromatic N) is 1. The second-order valence-electron chi connectivity index (χ2n) is 7.43. The van der Waals surface area contributed by atoms with Gasteiger partial charge in [-0.25, -0.2) is 4.79 Å². The highest BCUT2D eigenvalue weighted by Gasteiger charge is 2.27. The highest BCUT2D eigenvalue weighted by Crippen LogP contribution is 2.22. The van der Waals surface area contributed by atoms with E-state index in [-0.39, 0.29) is 19.2 Å². The van der Waals surface area contributed by atoms with E-state index in [1.54, 1.807) is 26.8 Å². The third-order valence-electron chi connectivity index (χ3n) is 3.99. The van der Waals surface area contributed by atoms with Crippen LogP contribution in [-0.4, -0.2) is 35.2 Å². The fourth-order valence-electron chi connectivity index (χ4n) is 2.78. The third-order valence-corrected chi connectivity index (χ3v) is 3.99. The van der Waals surface area contributed by atoms with Crippen molar-refractivity contribution in [2.45, 2.75) is 64.7 Å². The maximum Gasteiger partial charge on any atom is 0.411 e. The number of para-hydroxylation sites is 1. The van der Waals surface area contributed by atoms with Gasteiger partial charge in [0.15, 0.2) is 0 Å². The van der Waals surface area contributed by atoms with Gasteiger partial charge >= 0.3 is 12.1 Å². The fraction of sp³-hybridized carbons (Fsp3) is 0.579. The van der Waals surface area contributed by atoms with Crippen molar-refractivity contribution >= 4 is 17.7 Å². The third kappa shape index (κ3) is 6.29. The predicted molar refractivity (Wildman–Crippen MR) is 95.8 cm³/mol. The Balaban J connectivity index is 2.06. The topological polar surface area (TPSA) is 81.9 Å². The quantitative estimate of drug-likeness (QED) is 0.650. The van der Waals surface area contributed by atoms with Gasteiger partial charge < -0.3 is 15.2 Å². The summed E-state index contributed by atoms with van der Waals surface area (Å²) in [6.07, 6.45) is 3.35. The Kier molecular flexibility index (Phi) is 6.28. The largest absolute Gasteiger partial charge is 0.461 e. The molecule has 1 aliphatic rings. The molecule has 0 spiro atoms. The number of rotatable bonds is 5. The number of esters is 1. The molecule has 0 radical (unpaired) electrons. The van der Waals surface area contributed by atoms with E-state index in [1.807, 2.05) is 18.2 Å². The average molecular weight is 348 g/mol. The Morgan fingerprint density at radius 3 is 2.44 bits per heavy atom. The number of carbonyl (C=O) groups excluding carboxylic acids is 2. The van der Waals surface area contributed by atoms with Gasteiger partial charge in [0.05, 0.1) is 6.54 Å². The smallest absolute Gasteiger partial charge is 0.411 e. The van der Waals surface area contributed by atoms with Gasteiger partial charge in [-0.2, -0.15) is 0 Å². The highest BCUT2D eigenvalue weighted by molar-refractivity contribution is 5.78. The summed E-state index contributed by atoms with van der Waals surface area (Å²) >= 11 is 0. The minimum Gasteiger partial charge on any atom is -0.461 e. The SMILES string of the molecule is CC(C)(C)OC(=O)N(CC(=O)OC1CCCC1)Cc1ccccc1N. The van der Waals surface area contributed by atoms with Gasteiger partial charge in [-0.15, -0.1) is 0 Å². The maximum absolute atomic E-state index is 12.5. The van der Waals surface area contributed by atoms with Gasteiger partial charge in [-0.1, -0.05) is 18.2 Å². The van der Waals surface area contributed by atoms with Crippen LogP contribution in [0.2, 0.25) is 0 Å². The van der Waals surface area contributed by atoms with Crippen molar-refractivity contribution in [1.82, 2.24) is 4.90 Å². The molecule has 1 amide bonds. The first-order valence-corrected chi connectivity index (χ1v) is 8.75. The van der Waals surface area contributed by atoms with E-state index < -0.39 is 17.7 Å². The summed E-state index contributed by atoms with van der Waals surface area (Å²) in [7, 11) is 0. The molecule has 1 aromatic rings. The molecule has 6 nitrogen and oxygen atoms in total. The van der Waals surface area contributed by atoms with Crippen LogP contribution in [-0.2, 0) is 20.8 Å². The van der Waals surface area contributed by atoms with E-state index in [2.05, 4.69) is 0 Å². The lowest BCUT2D eigenvalue weighted by molar-refractivity contribution is -0.150. The zero-order valence-electron chi connectivity index (χ0n) is 15.3. The molecular weight excluding hydrogens is 320 g/mol. The monoisotopic (exact) mass is 348 g/mol. The Morgan fingerprint density at radius 1 is 1.20 bits per heavy atom. The number of anilines is 1. The van der Waals surface area contributed by atoms with Crippen LogP contribution in [0.1, 0.15) is 52.0 Å². The molecule has 6 heteroatoms. The molecule has 0 bridgehead atoms. The first kappa shape index (κ1) is 19.1. The van der Waals surface area contributed by atoms with E-state index in [0.29, 0.717) is 5.69 Å². The summed E-state index contributed by atoms with van der Waals surface area (Å²) in [5.74, 6) is -0.410. The van der Waals surface area contributed by atoms with Crippen LogP contribution in [0.5, 0.6) is 0 Å². The minimum absolute atomic E-state index is 0.0326. The number of benzene rings is 1. The zero-order chi connectivity index (χ0) is 18.4. The number of carbonyl (C=O) groups is 2. The summed E-state index contributed by atoms with van der Waals surface area (Å²) < 4.78 is 10.9. The number of hydrogen-bond donors (Lipinski definition) is 1. The average Bonchev–Trinajstić information content (AvgIpc) is 2.99. The van der Waals surface area contributed by atoms with Crippen molar-refractivity contribution in [2.24, 2.45) is 0 Å². The van der Waals surface area contributed by atoms with Crippen LogP contribution in [0, 0.1) is 0 Å². The predicted octanol–water partition coefficient (Wildman–Crippen LogP) is 3.49. The van der Waals surface area contributed by atoms with Crippen molar-refractivity contribution in [3.63, 3.8) is 0 Å². The first-order chi connectivity index (χ1) is 11.7. The van der Waals surface area contributed by atoms with Crippen molar-refractivity contribution in [3.05, 3.63) is 29.8 Å². The van der Waals surface area contributed by atoms with Crippen molar-refractivity contribution < 1.29 is 19.1 Å². The number of hydrogen-bond acceptors (Lipinski definition) is 5. The molecule has 2 rings (SSSR count). The second-order valence-corrected chi connectivity index (χ2v) is 7.43. The molecule has 0 heterocycles. The Labute approximate surface area is 149 Å². The standard InChI is InChI=1S/C19H28N2O4/c1-19(2,3)25-18(23)21(12-14-8-4-7-11-16(14)20)13-17(22)24-15-9-5-6-10-15/h4,7-8,11,15H,5-6,9-10,12-13,20H2,1-3H3. The number of ether oxygens (including phenoxy) is 2. The van der Waals surface area contributed by atoms with Gasteiger partial charge in [-0.3, -0.25) is 9.69 Å². The molecule has 0 unspecified atom stereocenters. The van der Waals surface area contributed by atoms with Crippen LogP contribution in [0.15, 0.2) is 24.3 Å². The lowest BCUT2D eigenvalue weighted by Gasteiger charge is -2.27. The van der Waals surface area contributed by atoms with Crippen LogP contribution in [0.3, 0.4) is 0 Å². The van der Waals surface area contributed by atoms with E-state index in [1.165, 1.54) is 4.90 Å². The van der Waals surface area contributed by atoms with Crippen LogP contribution in [0.25, 0.3) is 0 Å². The lowest BCUT2D eigenvalue weighted by Crippen LogP contribution is -2.40. The molecule has 138 valence electrons. The molecule has 1 aliphatic carbocycles. The molecule has 0 saturated heterocycles. The van der Waals surface area contributed by atoms with Crippen molar-refractivity contribution in [3.8, 4) is 0 Å². The summed E-state index contributed by atoms with van der Waals surface area (Å²) in [5, 5.41) is 0. The Morgan fingerprint density at radius 2 is 1.84 bits per heavy atom. The lowest BCUT2D eigenvalue weighted by atomic mass is 10.1. The Bertz CT molecular complexity index is 604. The summed E-state index contributed by atoms with van der Waals surface area (Å²) in [6, 6.07) is 7.26. The number of nitrogen functional groups attached to an aromatic ring is 1. The molecule has 2 N–H and O–H groups in total. The van der Waals surface area contributed by atoms with Crippen LogP contribution < -0.4 is 5.73 Å². The molecule has 1 aromatic carbocycles. The molecule has 0 atom stereocenters. The van der Waals surface area contributed by atoms with Gasteiger partial charge in [0.25, 0.3) is 0 Å². The summed E-state index contributed by atoms with van der Waals surface area (Å²) in [4.78, 5) is 26.1. The maximum atomic E-state index is 12.5. The molecule has 1 saturated carbocycles. The molecule has 0 aliphatic heterocycles. The van der Waals surface area contributed by atoms with E-state index in [0.717, 1.165) is 31.2 Å². The minimum atomic E-state index is -0.646. The fourth-order valence-corrected chi connectivity index (χ4v) is 2.78. The van der Waals surface area contributed by atoms with Gasteiger partial charge in [0.2, 0.25) is 0 Å². The van der Waals surface area contributed by atoms with Crippen LogP contribution >= 0.6 is 0 Å². The van der Waals surface area contributed by atoms with Crippen molar-refractivity contribution in [1.29, 1.82) is 0 Å². The molecule has 25 heavy (non-hydrogen) atoms. The number of amides is 1. The highest BCUT2D eigenvalue weighted by atomic mass is 16.6. The summed E-state index contributed by atoms with van der Waals surface area (Å²) in [6.45, 7) is 5.41. The Hall–Kier alpha value is -2.24. The van der Waals surface area contributed by atoms with Crippen LogP contribution in [0.4, 0.5) is 10.5 Å². The van der Waals surface area contributed by atoms with Gasteiger partial charge in [-0.05, 0) is 58.1 Å². The molecule has 1 fully saturated rings. The first-order valence-electron chi connectivity index (χ1n) is 8.75. The zero-order valence-corrected chi connectivity index (χ0v) is 15.3. The van der Waals surface area contributed by atoms with Crippen molar-refractivity contribution in [2.75, 3.05) is 12.3 Å². The van der Waals surface area contributed by atoms with Gasteiger partial charge in [0.1, 0.15) is 18.2 Å². The molecular formula is C19H28N2O4. The van der Waals surface area contributed by atoms with E-state index >= 15 is 0 Å². The summed E-state index contributed by atoms with van der Waals surface area (Å²) in [5.41, 5.74) is 6.65. The van der Waals surface area contributed by atoms with E-state index in [4.69, 9.17) is 15.2 Å². The number of nitrogens with two attached hydrogens (primary N) is 1. The molecule has 0 aromatic heterocycles. The van der Waals surface area contributed by atoms with E-state index in [9.17, 15) is 9.59 Å². The van der Waals surface area contributed by atoms with Gasteiger partial charge in [0, 0.05) is 5.69 Å². The normalized spacial score (nSPS) is 15.0. The second kappa shape index (κ2) is 8.23.